The van der Waals surface area contributed by atoms with Crippen LogP contribution in [0.25, 0.3) is 11.3 Å². The first-order valence-electron chi connectivity index (χ1n) is 16.5. The lowest BCUT2D eigenvalue weighted by Crippen LogP contribution is -2.73. The molecule has 4 nitrogen and oxygen atoms in total. The number of fused-ring (bicyclic) bond motifs is 2. The molecule has 1 N–H and O–H groups in total. The fourth-order valence-electron chi connectivity index (χ4n) is 7.86. The lowest BCUT2D eigenvalue weighted by Gasteiger charge is -2.49. The van der Waals surface area contributed by atoms with E-state index in [0.29, 0.717) is 0 Å². The van der Waals surface area contributed by atoms with Gasteiger partial charge in [0.25, 0.3) is 0 Å². The van der Waals surface area contributed by atoms with Crippen molar-refractivity contribution in [1.29, 1.82) is 0 Å². The fraction of sp³-hybridized carbons (Fsp3) is 0.143. The number of H-pyrrole nitrogens is 1. The first kappa shape index (κ1) is 29.2. The number of aromatic nitrogens is 3. The average molecular weight is 627 g/mol. The molecule has 1 aliphatic carbocycles. The van der Waals surface area contributed by atoms with Crippen molar-refractivity contribution in [1.82, 2.24) is 15.2 Å². The van der Waals surface area contributed by atoms with Crippen LogP contribution in [-0.2, 0) is 5.41 Å². The molecule has 1 aliphatic heterocycles. The van der Waals surface area contributed by atoms with Gasteiger partial charge in [-0.25, -0.2) is 0 Å². The molecule has 0 saturated heterocycles. The summed E-state index contributed by atoms with van der Waals surface area (Å²) in [5.41, 5.74) is 9.17. The Labute approximate surface area is 278 Å². The van der Waals surface area contributed by atoms with E-state index in [2.05, 4.69) is 162 Å². The van der Waals surface area contributed by atoms with Crippen LogP contribution in [-0.4, -0.2) is 23.3 Å². The molecule has 3 heterocycles. The molecule has 0 radical (unpaired) electrons. The highest BCUT2D eigenvalue weighted by atomic mass is 28.3. The zero-order valence-electron chi connectivity index (χ0n) is 27.1. The molecule has 0 saturated carbocycles. The van der Waals surface area contributed by atoms with E-state index < -0.39 is 8.07 Å². The van der Waals surface area contributed by atoms with E-state index in [1.807, 2.05) is 19.2 Å². The molecule has 0 amide bonds. The molecular weight excluding hydrogens is 589 g/mol. The van der Waals surface area contributed by atoms with E-state index >= 15 is 0 Å². The van der Waals surface area contributed by atoms with Gasteiger partial charge in [0.1, 0.15) is 0 Å². The minimum atomic E-state index is -2.81. The molecule has 230 valence electrons. The van der Waals surface area contributed by atoms with Crippen molar-refractivity contribution < 1.29 is 0 Å². The summed E-state index contributed by atoms with van der Waals surface area (Å²) in [6.07, 6.45) is 9.16. The quantitative estimate of drug-likeness (QED) is 0.190. The second kappa shape index (κ2) is 11.5. The summed E-state index contributed by atoms with van der Waals surface area (Å²) in [5, 5.41) is 13.1. The predicted octanol–water partition coefficient (Wildman–Crippen LogP) is 8.20. The first-order valence-corrected chi connectivity index (χ1v) is 18.5. The van der Waals surface area contributed by atoms with Crippen LogP contribution in [0.2, 0.25) is 0 Å². The van der Waals surface area contributed by atoms with Gasteiger partial charge in [-0.1, -0.05) is 98.8 Å². The number of aryl methyl sites for hydroxylation is 1. The number of benzene rings is 4. The van der Waals surface area contributed by atoms with E-state index in [9.17, 15) is 0 Å². The molecule has 2 aliphatic rings. The SMILES string of the molecule is Cc1cc(-c2cccc(N(c3ccccc3)c3cccc([Si@]4(c5ccccn5)C5=CCCC=C5C(C)(C)c5ccccc54)c3)c2)n[nH]1. The summed E-state index contributed by atoms with van der Waals surface area (Å²) in [5.74, 6) is 0. The van der Waals surface area contributed by atoms with E-state index in [-0.39, 0.29) is 5.41 Å². The molecule has 2 aromatic heterocycles. The zero-order valence-corrected chi connectivity index (χ0v) is 28.1. The van der Waals surface area contributed by atoms with Crippen LogP contribution < -0.4 is 20.6 Å². The molecule has 0 bridgehead atoms. The van der Waals surface area contributed by atoms with Crippen molar-refractivity contribution in [3.05, 3.63) is 168 Å². The van der Waals surface area contributed by atoms with Crippen molar-refractivity contribution in [3.8, 4) is 11.3 Å². The Morgan fingerprint density at radius 1 is 0.702 bits per heavy atom. The molecule has 8 rings (SSSR count). The third-order valence-corrected chi connectivity index (χ3v) is 14.7. The number of hydrogen-bond donors (Lipinski definition) is 1. The second-order valence-electron chi connectivity index (χ2n) is 13.2. The highest BCUT2D eigenvalue weighted by Crippen LogP contribution is 2.46. The standard InChI is InChI=1S/C42H38N4Si/c1-30-27-38(45-44-30)31-15-13-18-33(28-31)46(32-16-5-4-6-17-32)34-19-14-20-35(29-34)47(41-25-11-12-26-43-41)39-23-9-7-21-36(39)42(2,3)37-22-8-10-24-40(37)47/h4-7,9,11-29H,8,10H2,1-3H3,(H,44,45)/t47-/m1/s1. The summed E-state index contributed by atoms with van der Waals surface area (Å²) in [6, 6.07) is 46.4. The van der Waals surface area contributed by atoms with Gasteiger partial charge in [0.05, 0.1) is 5.69 Å². The number of para-hydroxylation sites is 1. The van der Waals surface area contributed by atoms with Gasteiger partial charge >= 0.3 is 0 Å². The van der Waals surface area contributed by atoms with Gasteiger partial charge in [-0.2, -0.15) is 5.10 Å². The Hall–Kier alpha value is -5.26. The summed E-state index contributed by atoms with van der Waals surface area (Å²) >= 11 is 0. The molecule has 0 unspecified atom stereocenters. The number of pyridine rings is 1. The minimum Gasteiger partial charge on any atom is -0.310 e. The van der Waals surface area contributed by atoms with Crippen molar-refractivity contribution in [2.24, 2.45) is 0 Å². The van der Waals surface area contributed by atoms with Crippen LogP contribution in [0.4, 0.5) is 17.1 Å². The monoisotopic (exact) mass is 626 g/mol. The average Bonchev–Trinajstić information content (AvgIpc) is 3.56. The predicted molar refractivity (Wildman–Crippen MR) is 197 cm³/mol. The van der Waals surface area contributed by atoms with E-state index in [4.69, 9.17) is 4.98 Å². The largest absolute Gasteiger partial charge is 0.310 e. The minimum absolute atomic E-state index is 0.0904. The molecule has 0 fully saturated rings. The summed E-state index contributed by atoms with van der Waals surface area (Å²) in [7, 11) is -2.81. The Kier molecular flexibility index (Phi) is 7.14. The maximum absolute atomic E-state index is 5.20. The normalized spacial score (nSPS) is 18.0. The number of nitrogens with one attached hydrogen (secondary N) is 1. The van der Waals surface area contributed by atoms with Crippen LogP contribution in [0.15, 0.2) is 157 Å². The van der Waals surface area contributed by atoms with Gasteiger partial charge in [-0.3, -0.25) is 10.1 Å². The molecular formula is C42H38N4Si. The number of anilines is 3. The maximum Gasteiger partial charge on any atom is 0.202 e. The van der Waals surface area contributed by atoms with Crippen LogP contribution in [0.1, 0.15) is 37.9 Å². The van der Waals surface area contributed by atoms with Crippen molar-refractivity contribution >= 4 is 40.8 Å². The van der Waals surface area contributed by atoms with Gasteiger partial charge < -0.3 is 4.90 Å². The number of aromatic amines is 1. The highest BCUT2D eigenvalue weighted by molar-refractivity contribution is 7.16. The van der Waals surface area contributed by atoms with Gasteiger partial charge in [0, 0.05) is 45.2 Å². The smallest absolute Gasteiger partial charge is 0.202 e. The second-order valence-corrected chi connectivity index (χ2v) is 16.8. The molecule has 0 spiro atoms. The molecule has 6 aromatic rings. The molecule has 47 heavy (non-hydrogen) atoms. The Morgan fingerprint density at radius 2 is 1.43 bits per heavy atom. The summed E-state index contributed by atoms with van der Waals surface area (Å²) in [4.78, 5) is 7.57. The lowest BCUT2D eigenvalue weighted by molar-refractivity contribution is 0.626. The fourth-order valence-corrected chi connectivity index (χ4v) is 13.4. The van der Waals surface area contributed by atoms with Crippen LogP contribution in [0, 0.1) is 6.92 Å². The van der Waals surface area contributed by atoms with Gasteiger partial charge in [-0.05, 0) is 101 Å². The van der Waals surface area contributed by atoms with Crippen LogP contribution in [0.5, 0.6) is 0 Å². The van der Waals surface area contributed by atoms with Crippen molar-refractivity contribution in [2.45, 2.75) is 39.0 Å². The number of nitrogens with zero attached hydrogens (tertiary/aromatic N) is 3. The van der Waals surface area contributed by atoms with E-state index in [1.54, 1.807) is 0 Å². The Bertz CT molecular complexity index is 2140. The number of rotatable bonds is 6. The van der Waals surface area contributed by atoms with Gasteiger partial charge in [0.15, 0.2) is 0 Å². The van der Waals surface area contributed by atoms with Gasteiger partial charge in [-0.15, -0.1) is 0 Å². The first-order chi connectivity index (χ1) is 23.0. The van der Waals surface area contributed by atoms with Crippen LogP contribution in [0.3, 0.4) is 0 Å². The highest BCUT2D eigenvalue weighted by Gasteiger charge is 2.54. The maximum atomic E-state index is 5.20. The third kappa shape index (κ3) is 4.73. The third-order valence-electron chi connectivity index (χ3n) is 9.94. The van der Waals surface area contributed by atoms with E-state index in [0.717, 1.165) is 46.9 Å². The number of allylic oxidation sites excluding steroid dienone is 4. The molecule has 4 aromatic carbocycles. The van der Waals surface area contributed by atoms with E-state index in [1.165, 1.54) is 32.0 Å². The van der Waals surface area contributed by atoms with Crippen molar-refractivity contribution in [2.75, 3.05) is 4.90 Å². The Morgan fingerprint density at radius 3 is 2.21 bits per heavy atom. The van der Waals surface area contributed by atoms with Crippen molar-refractivity contribution in [3.63, 3.8) is 0 Å². The van der Waals surface area contributed by atoms with Gasteiger partial charge in [0.2, 0.25) is 8.07 Å². The molecule has 1 atom stereocenters. The lowest BCUT2D eigenvalue weighted by atomic mass is 9.75. The topological polar surface area (TPSA) is 44.8 Å². The summed E-state index contributed by atoms with van der Waals surface area (Å²) in [6.45, 7) is 6.83. The summed E-state index contributed by atoms with van der Waals surface area (Å²) < 4.78 is 0. The number of hydrogen-bond acceptors (Lipinski definition) is 3. The Balaban J connectivity index is 1.39. The zero-order chi connectivity index (χ0) is 32.0. The molecule has 5 heteroatoms. The van der Waals surface area contributed by atoms with Crippen LogP contribution >= 0.6 is 0 Å².